The monoisotopic (exact) mass is 355 g/mol. The van der Waals surface area contributed by atoms with Crippen molar-refractivity contribution in [3.05, 3.63) is 50.0 Å². The van der Waals surface area contributed by atoms with Gasteiger partial charge in [-0.05, 0) is 25.5 Å². The second-order valence-electron chi connectivity index (χ2n) is 5.71. The van der Waals surface area contributed by atoms with Crippen LogP contribution in [0.5, 0.6) is 5.75 Å². The SMILES string of the molecule is COc1ccc(C)cc1-c1csc2[nH]c(=O)n(CCCC#N)c(=O)c12. The molecule has 128 valence electrons. The van der Waals surface area contributed by atoms with Gasteiger partial charge in [0.05, 0.1) is 18.6 Å². The van der Waals surface area contributed by atoms with Crippen LogP contribution in [0.4, 0.5) is 0 Å². The number of H-pyrrole nitrogens is 1. The summed E-state index contributed by atoms with van der Waals surface area (Å²) in [6, 6.07) is 7.80. The minimum Gasteiger partial charge on any atom is -0.496 e. The third kappa shape index (κ3) is 3.08. The fourth-order valence-electron chi connectivity index (χ4n) is 2.80. The van der Waals surface area contributed by atoms with Crippen LogP contribution in [0, 0.1) is 18.3 Å². The summed E-state index contributed by atoms with van der Waals surface area (Å²) in [5.74, 6) is 0.673. The Hall–Kier alpha value is -2.85. The number of unbranched alkanes of at least 4 members (excludes halogenated alkanes) is 1. The standard InChI is InChI=1S/C18H17N3O3S/c1-11-5-6-14(24-2)12(9-11)13-10-25-16-15(13)17(22)21(18(23)20-16)8-4-3-7-19/h5-6,9-10H,3-4,8H2,1-2H3,(H,20,23). The fourth-order valence-corrected chi connectivity index (χ4v) is 3.75. The number of hydrogen-bond donors (Lipinski definition) is 1. The van der Waals surface area contributed by atoms with Gasteiger partial charge in [0.15, 0.2) is 0 Å². The Balaban J connectivity index is 2.24. The van der Waals surface area contributed by atoms with E-state index < -0.39 is 5.69 Å². The van der Waals surface area contributed by atoms with Gasteiger partial charge in [0.1, 0.15) is 10.6 Å². The van der Waals surface area contributed by atoms with Gasteiger partial charge in [0.2, 0.25) is 0 Å². The highest BCUT2D eigenvalue weighted by Gasteiger charge is 2.17. The van der Waals surface area contributed by atoms with Crippen LogP contribution >= 0.6 is 11.3 Å². The Bertz CT molecular complexity index is 1090. The average molecular weight is 355 g/mol. The number of benzene rings is 1. The lowest BCUT2D eigenvalue weighted by molar-refractivity contribution is 0.416. The van der Waals surface area contributed by atoms with Crippen molar-refractivity contribution in [2.24, 2.45) is 0 Å². The average Bonchev–Trinajstić information content (AvgIpc) is 3.01. The van der Waals surface area contributed by atoms with Gasteiger partial charge in [0.25, 0.3) is 5.56 Å². The maximum absolute atomic E-state index is 12.9. The first-order valence-electron chi connectivity index (χ1n) is 7.83. The van der Waals surface area contributed by atoms with Crippen LogP contribution in [0.2, 0.25) is 0 Å². The van der Waals surface area contributed by atoms with E-state index in [1.807, 2.05) is 36.6 Å². The molecule has 2 heterocycles. The van der Waals surface area contributed by atoms with Crippen molar-refractivity contribution in [2.45, 2.75) is 26.3 Å². The molecule has 3 aromatic rings. The molecule has 0 amide bonds. The molecule has 0 fully saturated rings. The normalized spacial score (nSPS) is 10.8. The fraction of sp³-hybridized carbons (Fsp3) is 0.278. The van der Waals surface area contributed by atoms with Crippen molar-refractivity contribution in [3.63, 3.8) is 0 Å². The number of ether oxygens (including phenoxy) is 1. The van der Waals surface area contributed by atoms with Crippen molar-refractivity contribution in [3.8, 4) is 22.9 Å². The van der Waals surface area contributed by atoms with Crippen LogP contribution < -0.4 is 16.0 Å². The number of aryl methyl sites for hydroxylation is 1. The number of aromatic amines is 1. The van der Waals surface area contributed by atoms with E-state index in [4.69, 9.17) is 10.00 Å². The zero-order valence-electron chi connectivity index (χ0n) is 14.0. The number of nitrogens with zero attached hydrogens (tertiary/aromatic N) is 2. The molecule has 1 N–H and O–H groups in total. The lowest BCUT2D eigenvalue weighted by atomic mass is 10.0. The van der Waals surface area contributed by atoms with Crippen LogP contribution in [0.25, 0.3) is 21.3 Å². The van der Waals surface area contributed by atoms with Gasteiger partial charge in [-0.15, -0.1) is 11.3 Å². The largest absolute Gasteiger partial charge is 0.496 e. The van der Waals surface area contributed by atoms with E-state index in [1.54, 1.807) is 7.11 Å². The van der Waals surface area contributed by atoms with E-state index in [9.17, 15) is 9.59 Å². The smallest absolute Gasteiger partial charge is 0.329 e. The molecule has 7 heteroatoms. The Morgan fingerprint density at radius 2 is 2.12 bits per heavy atom. The second-order valence-corrected chi connectivity index (χ2v) is 6.59. The summed E-state index contributed by atoms with van der Waals surface area (Å²) < 4.78 is 6.60. The molecular formula is C18H17N3O3S. The van der Waals surface area contributed by atoms with Crippen LogP contribution in [-0.2, 0) is 6.54 Å². The van der Waals surface area contributed by atoms with Crippen LogP contribution in [-0.4, -0.2) is 16.7 Å². The summed E-state index contributed by atoms with van der Waals surface area (Å²) in [7, 11) is 1.59. The maximum atomic E-state index is 12.9. The van der Waals surface area contributed by atoms with E-state index in [0.29, 0.717) is 28.8 Å². The number of rotatable bonds is 5. The van der Waals surface area contributed by atoms with E-state index in [1.165, 1.54) is 11.3 Å². The molecule has 0 saturated heterocycles. The highest BCUT2D eigenvalue weighted by molar-refractivity contribution is 7.17. The summed E-state index contributed by atoms with van der Waals surface area (Å²) >= 11 is 1.32. The first-order valence-corrected chi connectivity index (χ1v) is 8.71. The topological polar surface area (TPSA) is 87.9 Å². The molecule has 0 aliphatic heterocycles. The Labute approximate surface area is 147 Å². The molecule has 0 radical (unpaired) electrons. The minimum atomic E-state index is -0.444. The number of methoxy groups -OCH3 is 1. The van der Waals surface area contributed by atoms with Gasteiger partial charge >= 0.3 is 5.69 Å². The number of fused-ring (bicyclic) bond motifs is 1. The van der Waals surface area contributed by atoms with E-state index in [-0.39, 0.29) is 12.1 Å². The van der Waals surface area contributed by atoms with Crippen molar-refractivity contribution < 1.29 is 4.74 Å². The molecule has 0 bridgehead atoms. The van der Waals surface area contributed by atoms with Crippen LogP contribution in [0.1, 0.15) is 18.4 Å². The van der Waals surface area contributed by atoms with Gasteiger partial charge in [0, 0.05) is 29.5 Å². The lowest BCUT2D eigenvalue weighted by Gasteiger charge is -2.09. The quantitative estimate of drug-likeness (QED) is 0.713. The predicted octanol–water partition coefficient (Wildman–Crippen LogP) is 3.04. The Morgan fingerprint density at radius 3 is 2.84 bits per heavy atom. The zero-order chi connectivity index (χ0) is 18.0. The minimum absolute atomic E-state index is 0.220. The van der Waals surface area contributed by atoms with Gasteiger partial charge in [-0.25, -0.2) is 4.79 Å². The summed E-state index contributed by atoms with van der Waals surface area (Å²) in [5.41, 5.74) is 1.84. The van der Waals surface area contributed by atoms with Gasteiger partial charge in [-0.1, -0.05) is 11.6 Å². The Morgan fingerprint density at radius 1 is 1.32 bits per heavy atom. The number of hydrogen-bond acceptors (Lipinski definition) is 5. The van der Waals surface area contributed by atoms with E-state index in [2.05, 4.69) is 4.98 Å². The first-order chi connectivity index (χ1) is 12.1. The molecule has 0 spiro atoms. The summed E-state index contributed by atoms with van der Waals surface area (Å²) in [4.78, 5) is 28.4. The third-order valence-corrected chi connectivity index (χ3v) is 4.93. The molecule has 0 aliphatic rings. The van der Waals surface area contributed by atoms with E-state index in [0.717, 1.165) is 21.3 Å². The molecule has 1 aromatic carbocycles. The van der Waals surface area contributed by atoms with Crippen molar-refractivity contribution in [1.29, 1.82) is 5.26 Å². The Kier molecular flexibility index (Phi) is 4.72. The highest BCUT2D eigenvalue weighted by atomic mass is 32.1. The van der Waals surface area contributed by atoms with Gasteiger partial charge in [-0.2, -0.15) is 5.26 Å². The first kappa shape index (κ1) is 17.0. The number of nitriles is 1. The van der Waals surface area contributed by atoms with Crippen molar-refractivity contribution >= 4 is 21.6 Å². The molecule has 3 rings (SSSR count). The van der Waals surface area contributed by atoms with E-state index >= 15 is 0 Å². The molecule has 6 nitrogen and oxygen atoms in total. The molecule has 25 heavy (non-hydrogen) atoms. The van der Waals surface area contributed by atoms with Crippen LogP contribution in [0.15, 0.2) is 33.2 Å². The number of aromatic nitrogens is 2. The third-order valence-electron chi connectivity index (χ3n) is 4.03. The summed E-state index contributed by atoms with van der Waals surface area (Å²) in [5, 5.41) is 11.0. The summed E-state index contributed by atoms with van der Waals surface area (Å²) in [6.07, 6.45) is 0.754. The molecule has 0 atom stereocenters. The van der Waals surface area contributed by atoms with Crippen LogP contribution in [0.3, 0.4) is 0 Å². The second kappa shape index (κ2) is 6.95. The van der Waals surface area contributed by atoms with Crippen molar-refractivity contribution in [1.82, 2.24) is 9.55 Å². The summed E-state index contributed by atoms with van der Waals surface area (Å²) in [6.45, 7) is 2.19. The van der Waals surface area contributed by atoms with Gasteiger partial charge in [-0.3, -0.25) is 14.3 Å². The number of thiophene rings is 1. The molecule has 0 aliphatic carbocycles. The number of nitrogens with one attached hydrogen (secondary N) is 1. The molecule has 0 saturated carbocycles. The maximum Gasteiger partial charge on any atom is 0.329 e. The molecular weight excluding hydrogens is 338 g/mol. The van der Waals surface area contributed by atoms with Crippen molar-refractivity contribution in [2.75, 3.05) is 7.11 Å². The molecule has 2 aromatic heterocycles. The lowest BCUT2D eigenvalue weighted by Crippen LogP contribution is -2.34. The highest BCUT2D eigenvalue weighted by Crippen LogP contribution is 2.36. The zero-order valence-corrected chi connectivity index (χ0v) is 14.8. The predicted molar refractivity (Wildman–Crippen MR) is 98.3 cm³/mol. The van der Waals surface area contributed by atoms with Gasteiger partial charge < -0.3 is 4.74 Å². The molecule has 0 unspecified atom stereocenters.